The summed E-state index contributed by atoms with van der Waals surface area (Å²) < 4.78 is 0. The summed E-state index contributed by atoms with van der Waals surface area (Å²) in [5.41, 5.74) is 7.38. The van der Waals surface area contributed by atoms with Crippen molar-refractivity contribution in [1.82, 2.24) is 15.1 Å². The van der Waals surface area contributed by atoms with Gasteiger partial charge in [-0.05, 0) is 24.3 Å². The largest absolute Gasteiger partial charge is 0.399 e. The van der Waals surface area contributed by atoms with Crippen molar-refractivity contribution in [3.63, 3.8) is 0 Å². The van der Waals surface area contributed by atoms with Gasteiger partial charge in [0.05, 0.1) is 24.3 Å². The van der Waals surface area contributed by atoms with Crippen LogP contribution >= 0.6 is 0 Å². The first-order chi connectivity index (χ1) is 13.6. The van der Waals surface area contributed by atoms with E-state index in [0.717, 1.165) is 11.4 Å². The first-order valence-corrected chi connectivity index (χ1v) is 9.76. The van der Waals surface area contributed by atoms with E-state index in [9.17, 15) is 19.8 Å². The highest BCUT2D eigenvalue weighted by molar-refractivity contribution is 5.74. The van der Waals surface area contributed by atoms with Gasteiger partial charge in [-0.25, -0.2) is 0 Å². The van der Waals surface area contributed by atoms with Crippen LogP contribution in [0.15, 0.2) is 24.3 Å². The molecule has 0 aliphatic carbocycles. The highest BCUT2D eigenvalue weighted by Crippen LogP contribution is 2.23. The highest BCUT2D eigenvalue weighted by Gasteiger charge is 2.35. The topological polar surface area (TPSA) is 122 Å². The number of likely N-dealkylation sites (N-methyl/N-ethyl adjacent to an activating group) is 2. The SMILES string of the molecule is CC(=O)N(C)C1CN(c2ccc(N)cc2)CC1O.CC(=O)N(C)[C@H]1CNC[C@@H]1O. The molecule has 0 spiro atoms. The van der Waals surface area contributed by atoms with Crippen molar-refractivity contribution < 1.29 is 19.8 Å². The lowest BCUT2D eigenvalue weighted by molar-refractivity contribution is -0.131. The van der Waals surface area contributed by atoms with Crippen LogP contribution in [0.5, 0.6) is 0 Å². The Morgan fingerprint density at radius 3 is 2.00 bits per heavy atom. The maximum Gasteiger partial charge on any atom is 0.219 e. The Hall–Kier alpha value is -2.36. The summed E-state index contributed by atoms with van der Waals surface area (Å²) in [4.78, 5) is 27.4. The summed E-state index contributed by atoms with van der Waals surface area (Å²) in [5.74, 6) is -0.0315. The second-order valence-corrected chi connectivity index (χ2v) is 7.68. The molecule has 9 heteroatoms. The van der Waals surface area contributed by atoms with Gasteiger partial charge in [0.15, 0.2) is 0 Å². The number of nitrogens with two attached hydrogens (primary N) is 1. The molecule has 4 atom stereocenters. The van der Waals surface area contributed by atoms with Gasteiger partial charge in [-0.15, -0.1) is 0 Å². The van der Waals surface area contributed by atoms with Gasteiger partial charge in [-0.3, -0.25) is 9.59 Å². The molecule has 2 heterocycles. The Morgan fingerprint density at radius 1 is 0.966 bits per heavy atom. The summed E-state index contributed by atoms with van der Waals surface area (Å²) >= 11 is 0. The molecule has 162 valence electrons. The summed E-state index contributed by atoms with van der Waals surface area (Å²) in [6, 6.07) is 7.33. The molecule has 1 aromatic rings. The molecule has 5 N–H and O–H groups in total. The van der Waals surface area contributed by atoms with Gasteiger partial charge in [0.2, 0.25) is 11.8 Å². The molecule has 2 saturated heterocycles. The molecule has 2 aliphatic heterocycles. The number of aliphatic hydroxyl groups excluding tert-OH is 2. The molecule has 2 amide bonds. The lowest BCUT2D eigenvalue weighted by Gasteiger charge is -2.25. The van der Waals surface area contributed by atoms with Crippen LogP contribution in [0.25, 0.3) is 0 Å². The van der Waals surface area contributed by atoms with E-state index in [2.05, 4.69) is 10.2 Å². The van der Waals surface area contributed by atoms with E-state index in [1.165, 1.54) is 13.8 Å². The van der Waals surface area contributed by atoms with Crippen molar-refractivity contribution in [1.29, 1.82) is 0 Å². The van der Waals surface area contributed by atoms with Gasteiger partial charge >= 0.3 is 0 Å². The number of carbonyl (C=O) groups is 2. The number of amides is 2. The Bertz CT molecular complexity index is 699. The number of anilines is 2. The predicted octanol–water partition coefficient (Wildman–Crippen LogP) is -0.906. The number of nitrogens with one attached hydrogen (secondary N) is 1. The third-order valence-corrected chi connectivity index (χ3v) is 5.66. The van der Waals surface area contributed by atoms with Gasteiger partial charge in [-0.1, -0.05) is 0 Å². The minimum Gasteiger partial charge on any atom is -0.399 e. The maximum atomic E-state index is 11.3. The van der Waals surface area contributed by atoms with Crippen molar-refractivity contribution in [2.45, 2.75) is 38.1 Å². The Kier molecular flexibility index (Phi) is 7.83. The molecular formula is C20H33N5O4. The van der Waals surface area contributed by atoms with Crippen molar-refractivity contribution >= 4 is 23.2 Å². The number of nitrogen functional groups attached to an aromatic ring is 1. The third kappa shape index (κ3) is 5.81. The zero-order chi connectivity index (χ0) is 21.7. The number of benzene rings is 1. The zero-order valence-electron chi connectivity index (χ0n) is 17.6. The van der Waals surface area contributed by atoms with Crippen molar-refractivity contribution in [3.8, 4) is 0 Å². The van der Waals surface area contributed by atoms with E-state index < -0.39 is 12.2 Å². The quantitative estimate of drug-likeness (QED) is 0.479. The number of hydrogen-bond donors (Lipinski definition) is 4. The predicted molar refractivity (Wildman–Crippen MR) is 112 cm³/mol. The van der Waals surface area contributed by atoms with Gasteiger partial charge in [0.25, 0.3) is 0 Å². The number of carbonyl (C=O) groups excluding carboxylic acids is 2. The first-order valence-electron chi connectivity index (χ1n) is 9.76. The Balaban J connectivity index is 0.000000234. The standard InChI is InChI=1S/C13H19N3O2.C7H14N2O2/c1-9(17)15(2)12-7-16(8-13(12)18)11-5-3-10(14)4-6-11;1-5(10)9(2)6-3-8-4-7(6)11/h3-6,12-13,18H,7-8,14H2,1-2H3;6-8,11H,3-4H2,1-2H3/t;6-,7-/m.0/s1. The van der Waals surface area contributed by atoms with Crippen LogP contribution in [0.1, 0.15) is 13.8 Å². The molecule has 29 heavy (non-hydrogen) atoms. The lowest BCUT2D eigenvalue weighted by Crippen LogP contribution is -2.43. The van der Waals surface area contributed by atoms with E-state index in [1.54, 1.807) is 23.9 Å². The van der Waals surface area contributed by atoms with Crippen LogP contribution in [0.2, 0.25) is 0 Å². The highest BCUT2D eigenvalue weighted by atomic mass is 16.3. The first kappa shape index (κ1) is 22.9. The number of nitrogens with zero attached hydrogens (tertiary/aromatic N) is 3. The molecule has 3 rings (SSSR count). The van der Waals surface area contributed by atoms with Crippen LogP contribution in [0.4, 0.5) is 11.4 Å². The second kappa shape index (κ2) is 9.91. The van der Waals surface area contributed by atoms with Crippen LogP contribution in [-0.2, 0) is 9.59 Å². The van der Waals surface area contributed by atoms with Gasteiger partial charge in [-0.2, -0.15) is 0 Å². The zero-order valence-corrected chi connectivity index (χ0v) is 17.6. The molecule has 1 aromatic carbocycles. The number of hydrogen-bond acceptors (Lipinski definition) is 7. The second-order valence-electron chi connectivity index (χ2n) is 7.68. The van der Waals surface area contributed by atoms with Gasteiger partial charge in [0, 0.05) is 65.5 Å². The maximum absolute atomic E-state index is 11.3. The fourth-order valence-electron chi connectivity index (χ4n) is 3.56. The van der Waals surface area contributed by atoms with E-state index in [4.69, 9.17) is 5.73 Å². The van der Waals surface area contributed by atoms with Crippen molar-refractivity contribution in [3.05, 3.63) is 24.3 Å². The summed E-state index contributed by atoms with van der Waals surface area (Å²) in [6.07, 6.45) is -0.930. The Labute approximate surface area is 172 Å². The fourth-order valence-corrected chi connectivity index (χ4v) is 3.56. The van der Waals surface area contributed by atoms with E-state index in [0.29, 0.717) is 26.2 Å². The molecule has 9 nitrogen and oxygen atoms in total. The molecule has 2 aliphatic rings. The minimum absolute atomic E-state index is 0.00208. The average molecular weight is 408 g/mol. The van der Waals surface area contributed by atoms with Crippen molar-refractivity contribution in [2.75, 3.05) is 50.9 Å². The average Bonchev–Trinajstić information content (AvgIpc) is 3.27. The molecule has 0 radical (unpaired) electrons. The molecule has 0 aromatic heterocycles. The normalized spacial score (nSPS) is 25.9. The number of rotatable bonds is 3. The molecule has 2 unspecified atom stereocenters. The van der Waals surface area contributed by atoms with Gasteiger partial charge < -0.3 is 36.0 Å². The monoisotopic (exact) mass is 407 g/mol. The third-order valence-electron chi connectivity index (χ3n) is 5.66. The summed E-state index contributed by atoms with van der Waals surface area (Å²) in [6.45, 7) is 5.47. The van der Waals surface area contributed by atoms with E-state index >= 15 is 0 Å². The van der Waals surface area contributed by atoms with Crippen LogP contribution < -0.4 is 16.0 Å². The molecular weight excluding hydrogens is 374 g/mol. The van der Waals surface area contributed by atoms with Crippen LogP contribution in [0, 0.1) is 0 Å². The van der Waals surface area contributed by atoms with Crippen LogP contribution in [-0.4, -0.2) is 96.4 Å². The number of aliphatic hydroxyl groups is 2. The summed E-state index contributed by atoms with van der Waals surface area (Å²) in [5, 5.41) is 22.4. The minimum atomic E-state index is -0.517. The molecule has 0 saturated carbocycles. The van der Waals surface area contributed by atoms with Crippen molar-refractivity contribution in [2.24, 2.45) is 0 Å². The van der Waals surface area contributed by atoms with E-state index in [1.807, 2.05) is 24.3 Å². The lowest BCUT2D eigenvalue weighted by atomic mass is 10.2. The molecule has 0 bridgehead atoms. The molecule has 2 fully saturated rings. The Morgan fingerprint density at radius 2 is 1.52 bits per heavy atom. The fraction of sp³-hybridized carbons (Fsp3) is 0.600. The summed E-state index contributed by atoms with van der Waals surface area (Å²) in [7, 11) is 3.44. The smallest absolute Gasteiger partial charge is 0.219 e. The van der Waals surface area contributed by atoms with Gasteiger partial charge in [0.1, 0.15) is 0 Å². The van der Waals surface area contributed by atoms with Crippen LogP contribution in [0.3, 0.4) is 0 Å². The number of β-amino-alcohol motifs (C(OH)–C–C–N with tert-alkyl or cyclic N) is 2. The van der Waals surface area contributed by atoms with E-state index in [-0.39, 0.29) is 23.9 Å².